The fourth-order valence-corrected chi connectivity index (χ4v) is 2.44. The second-order valence-electron chi connectivity index (χ2n) is 6.81. The molecule has 1 rings (SSSR count). The zero-order valence-corrected chi connectivity index (χ0v) is 15.5. The predicted molar refractivity (Wildman–Crippen MR) is 95.9 cm³/mol. The zero-order valence-electron chi connectivity index (χ0n) is 14.8. The molecule has 2 N–H and O–H groups in total. The van der Waals surface area contributed by atoms with Crippen molar-refractivity contribution in [3.05, 3.63) is 34.9 Å². The monoisotopic (exact) mass is 340 g/mol. The van der Waals surface area contributed by atoms with Crippen LogP contribution in [0.2, 0.25) is 5.02 Å². The molecule has 0 radical (unpaired) electrons. The van der Waals surface area contributed by atoms with Crippen LogP contribution in [0.5, 0.6) is 0 Å². The summed E-state index contributed by atoms with van der Waals surface area (Å²) in [6, 6.07) is 8.20. The van der Waals surface area contributed by atoms with Gasteiger partial charge in [0.1, 0.15) is 5.60 Å². The molecule has 5 heteroatoms. The normalized spacial score (nSPS) is 14.2. The molecule has 0 saturated heterocycles. The summed E-state index contributed by atoms with van der Waals surface area (Å²) < 4.78 is 5.28. The molecule has 23 heavy (non-hydrogen) atoms. The summed E-state index contributed by atoms with van der Waals surface area (Å²) in [6.07, 6.45) is 1.65. The number of amides is 1. The Morgan fingerprint density at radius 3 is 2.39 bits per heavy atom. The van der Waals surface area contributed by atoms with Gasteiger partial charge in [-0.2, -0.15) is 0 Å². The van der Waals surface area contributed by atoms with Crippen molar-refractivity contribution in [1.29, 1.82) is 0 Å². The van der Waals surface area contributed by atoms with Gasteiger partial charge in [0.15, 0.2) is 0 Å². The van der Waals surface area contributed by atoms with E-state index in [2.05, 4.69) is 24.5 Å². The first-order valence-corrected chi connectivity index (χ1v) is 8.57. The van der Waals surface area contributed by atoms with Crippen LogP contribution in [-0.2, 0) is 4.74 Å². The first-order chi connectivity index (χ1) is 10.7. The van der Waals surface area contributed by atoms with Gasteiger partial charge in [0.25, 0.3) is 0 Å². The smallest absolute Gasteiger partial charge is 0.407 e. The van der Waals surface area contributed by atoms with E-state index < -0.39 is 5.60 Å². The molecule has 0 spiro atoms. The first-order valence-electron chi connectivity index (χ1n) is 8.19. The van der Waals surface area contributed by atoms with Gasteiger partial charge in [-0.25, -0.2) is 4.79 Å². The summed E-state index contributed by atoms with van der Waals surface area (Å²) >= 11 is 5.93. The summed E-state index contributed by atoms with van der Waals surface area (Å²) in [5, 5.41) is 7.14. The maximum absolute atomic E-state index is 11.8. The number of rotatable bonds is 7. The highest BCUT2D eigenvalue weighted by atomic mass is 35.5. The Morgan fingerprint density at radius 2 is 1.87 bits per heavy atom. The highest BCUT2D eigenvalue weighted by Gasteiger charge is 2.18. The second kappa shape index (κ2) is 9.14. The second-order valence-corrected chi connectivity index (χ2v) is 7.24. The molecule has 0 fully saturated rings. The Bertz CT molecular complexity index is 483. The maximum atomic E-state index is 11.8. The molecule has 1 amide bonds. The van der Waals surface area contributed by atoms with Crippen molar-refractivity contribution in [1.82, 2.24) is 10.6 Å². The molecule has 0 saturated carbocycles. The van der Waals surface area contributed by atoms with Gasteiger partial charge in [0, 0.05) is 23.7 Å². The van der Waals surface area contributed by atoms with E-state index in [9.17, 15) is 4.79 Å². The lowest BCUT2D eigenvalue weighted by molar-refractivity contribution is 0.0521. The van der Waals surface area contributed by atoms with Crippen molar-refractivity contribution >= 4 is 17.7 Å². The molecule has 130 valence electrons. The fourth-order valence-electron chi connectivity index (χ4n) is 2.31. The molecule has 0 aromatic heterocycles. The van der Waals surface area contributed by atoms with Gasteiger partial charge in [-0.3, -0.25) is 0 Å². The van der Waals surface area contributed by atoms with Crippen LogP contribution in [0.25, 0.3) is 0 Å². The molecule has 4 nitrogen and oxygen atoms in total. The quantitative estimate of drug-likeness (QED) is 0.757. The minimum atomic E-state index is -0.478. The van der Waals surface area contributed by atoms with Gasteiger partial charge < -0.3 is 15.4 Å². The van der Waals surface area contributed by atoms with Gasteiger partial charge in [-0.1, -0.05) is 37.1 Å². The number of nitrogens with one attached hydrogen (secondary N) is 2. The molecule has 1 aromatic rings. The van der Waals surface area contributed by atoms with E-state index in [1.165, 1.54) is 5.56 Å². The van der Waals surface area contributed by atoms with E-state index in [0.29, 0.717) is 6.54 Å². The average Bonchev–Trinajstić information content (AvgIpc) is 2.44. The topological polar surface area (TPSA) is 50.4 Å². The van der Waals surface area contributed by atoms with Gasteiger partial charge in [0.05, 0.1) is 0 Å². The fraction of sp³-hybridized carbons (Fsp3) is 0.611. The number of hydrogen-bond acceptors (Lipinski definition) is 3. The number of hydrogen-bond donors (Lipinski definition) is 2. The lowest BCUT2D eigenvalue weighted by Gasteiger charge is -2.25. The maximum Gasteiger partial charge on any atom is 0.407 e. The van der Waals surface area contributed by atoms with Gasteiger partial charge in [-0.15, -0.1) is 0 Å². The van der Waals surface area contributed by atoms with Gasteiger partial charge in [-0.05, 0) is 51.8 Å². The third-order valence-corrected chi connectivity index (χ3v) is 3.64. The van der Waals surface area contributed by atoms with Crippen LogP contribution >= 0.6 is 11.6 Å². The van der Waals surface area contributed by atoms with E-state index in [-0.39, 0.29) is 18.2 Å². The Kier molecular flexibility index (Phi) is 7.86. The van der Waals surface area contributed by atoms with E-state index >= 15 is 0 Å². The Balaban J connectivity index is 2.54. The molecule has 0 aliphatic heterocycles. The largest absolute Gasteiger partial charge is 0.444 e. The summed E-state index contributed by atoms with van der Waals surface area (Å²) in [7, 11) is 0. The molecule has 0 heterocycles. The molecular weight excluding hydrogens is 312 g/mol. The highest BCUT2D eigenvalue weighted by Crippen LogP contribution is 2.17. The lowest BCUT2D eigenvalue weighted by Crippen LogP contribution is -2.43. The van der Waals surface area contributed by atoms with Crippen molar-refractivity contribution in [2.45, 2.75) is 65.1 Å². The number of ether oxygens (including phenoxy) is 1. The number of halogens is 1. The first kappa shape index (κ1) is 19.8. The summed E-state index contributed by atoms with van der Waals surface area (Å²) in [6.45, 7) is 10.4. The van der Waals surface area contributed by atoms with E-state index in [4.69, 9.17) is 16.3 Å². The SMILES string of the molecule is CCCC(CNC(=O)OC(C)(C)C)NC(C)c1ccc(Cl)cc1. The molecule has 2 unspecified atom stereocenters. The van der Waals surface area contributed by atoms with Crippen LogP contribution in [0.1, 0.15) is 59.1 Å². The summed E-state index contributed by atoms with van der Waals surface area (Å²) in [5.74, 6) is 0. The minimum absolute atomic E-state index is 0.184. The number of benzene rings is 1. The standard InChI is InChI=1S/C18H29ClN2O2/c1-6-7-16(12-20-17(22)23-18(3,4)5)21-13(2)14-8-10-15(19)11-9-14/h8-11,13,16,21H,6-7,12H2,1-5H3,(H,20,22). The molecule has 0 aliphatic rings. The highest BCUT2D eigenvalue weighted by molar-refractivity contribution is 6.30. The van der Waals surface area contributed by atoms with Crippen LogP contribution in [0.15, 0.2) is 24.3 Å². The van der Waals surface area contributed by atoms with Crippen molar-refractivity contribution in [3.63, 3.8) is 0 Å². The Labute approximate surface area is 144 Å². The zero-order chi connectivity index (χ0) is 17.5. The lowest BCUT2D eigenvalue weighted by atomic mass is 10.1. The average molecular weight is 341 g/mol. The van der Waals surface area contributed by atoms with Crippen LogP contribution in [-0.4, -0.2) is 24.3 Å². The molecule has 0 bridgehead atoms. The molecule has 1 aromatic carbocycles. The number of alkyl carbamates (subject to hydrolysis) is 1. The van der Waals surface area contributed by atoms with Crippen LogP contribution in [0, 0.1) is 0 Å². The molecular formula is C18H29ClN2O2. The van der Waals surface area contributed by atoms with E-state index in [0.717, 1.165) is 17.9 Å². The summed E-state index contributed by atoms with van der Waals surface area (Å²) in [4.78, 5) is 11.8. The van der Waals surface area contributed by atoms with Crippen molar-refractivity contribution in [3.8, 4) is 0 Å². The minimum Gasteiger partial charge on any atom is -0.444 e. The van der Waals surface area contributed by atoms with Crippen molar-refractivity contribution in [2.24, 2.45) is 0 Å². The summed E-state index contributed by atoms with van der Waals surface area (Å²) in [5.41, 5.74) is 0.696. The Hall–Kier alpha value is -1.26. The Morgan fingerprint density at radius 1 is 1.26 bits per heavy atom. The van der Waals surface area contributed by atoms with Gasteiger partial charge in [0.2, 0.25) is 0 Å². The molecule has 0 aliphatic carbocycles. The van der Waals surface area contributed by atoms with Gasteiger partial charge >= 0.3 is 6.09 Å². The van der Waals surface area contributed by atoms with Crippen LogP contribution in [0.3, 0.4) is 0 Å². The van der Waals surface area contributed by atoms with E-state index in [1.54, 1.807) is 0 Å². The third-order valence-electron chi connectivity index (χ3n) is 3.38. The third kappa shape index (κ3) is 8.24. The molecule has 2 atom stereocenters. The number of carbonyl (C=O) groups excluding carboxylic acids is 1. The van der Waals surface area contributed by atoms with Crippen LogP contribution in [0.4, 0.5) is 4.79 Å². The predicted octanol–water partition coefficient (Wildman–Crippen LogP) is 4.68. The van der Waals surface area contributed by atoms with Crippen molar-refractivity contribution in [2.75, 3.05) is 6.54 Å². The van der Waals surface area contributed by atoms with E-state index in [1.807, 2.05) is 45.0 Å². The van der Waals surface area contributed by atoms with Crippen LogP contribution < -0.4 is 10.6 Å². The number of carbonyl (C=O) groups is 1. The van der Waals surface area contributed by atoms with Crippen molar-refractivity contribution < 1.29 is 9.53 Å².